The van der Waals surface area contributed by atoms with Crippen molar-refractivity contribution >= 4 is 5.91 Å². The number of hydrogen-bond acceptors (Lipinski definition) is 4. The molecule has 0 unspecified atom stereocenters. The molecule has 6 heteroatoms. The van der Waals surface area contributed by atoms with Crippen molar-refractivity contribution in [1.29, 1.82) is 0 Å². The van der Waals surface area contributed by atoms with Crippen LogP contribution in [0.2, 0.25) is 0 Å². The molecule has 76 valence electrons. The maximum Gasteiger partial charge on any atom is 0.244 e. The molecule has 0 spiro atoms. The molecule has 1 saturated heterocycles. The molecule has 14 heavy (non-hydrogen) atoms. The molecule has 6 nitrogen and oxygen atoms in total. The van der Waals surface area contributed by atoms with Crippen molar-refractivity contribution in [1.82, 2.24) is 19.7 Å². The van der Waals surface area contributed by atoms with Crippen LogP contribution in [-0.2, 0) is 11.3 Å². The Morgan fingerprint density at radius 3 is 3.07 bits per heavy atom. The number of likely N-dealkylation sites (tertiary alicyclic amines) is 1. The standard InChI is InChI=1S/C8H13N5O/c9-7-1-2-12(3-7)8(14)4-13-6-10-5-11-13/h5-7H,1-4,9H2/t7-/m1/s1. The van der Waals surface area contributed by atoms with E-state index in [1.165, 1.54) is 17.3 Å². The van der Waals surface area contributed by atoms with Crippen molar-refractivity contribution in [3.63, 3.8) is 0 Å². The van der Waals surface area contributed by atoms with Crippen LogP contribution in [-0.4, -0.2) is 44.7 Å². The molecule has 1 aromatic rings. The minimum atomic E-state index is 0.0588. The van der Waals surface area contributed by atoms with Crippen LogP contribution in [0.15, 0.2) is 12.7 Å². The molecular formula is C8H13N5O. The van der Waals surface area contributed by atoms with E-state index in [1.807, 2.05) is 0 Å². The number of carbonyl (C=O) groups is 1. The first-order valence-electron chi connectivity index (χ1n) is 4.61. The minimum Gasteiger partial charge on any atom is -0.339 e. The largest absolute Gasteiger partial charge is 0.339 e. The molecule has 2 rings (SSSR count). The quantitative estimate of drug-likeness (QED) is 0.645. The molecular weight excluding hydrogens is 182 g/mol. The summed E-state index contributed by atoms with van der Waals surface area (Å²) in [6, 6.07) is 0.134. The third-order valence-corrected chi connectivity index (χ3v) is 2.34. The highest BCUT2D eigenvalue weighted by molar-refractivity contribution is 5.76. The number of nitrogens with zero attached hydrogens (tertiary/aromatic N) is 4. The molecule has 1 aliphatic rings. The molecule has 1 atom stereocenters. The predicted molar refractivity (Wildman–Crippen MR) is 49.2 cm³/mol. The lowest BCUT2D eigenvalue weighted by Crippen LogP contribution is -2.34. The second-order valence-corrected chi connectivity index (χ2v) is 3.48. The topological polar surface area (TPSA) is 77.0 Å². The average Bonchev–Trinajstić information content (AvgIpc) is 2.75. The maximum absolute atomic E-state index is 11.6. The number of carbonyl (C=O) groups excluding carboxylic acids is 1. The molecule has 0 radical (unpaired) electrons. The first kappa shape index (κ1) is 9.14. The van der Waals surface area contributed by atoms with Gasteiger partial charge in [0.15, 0.2) is 0 Å². The third-order valence-electron chi connectivity index (χ3n) is 2.34. The third kappa shape index (κ3) is 1.90. The number of amides is 1. The highest BCUT2D eigenvalue weighted by Gasteiger charge is 2.23. The maximum atomic E-state index is 11.6. The van der Waals surface area contributed by atoms with Crippen molar-refractivity contribution in [2.24, 2.45) is 5.73 Å². The van der Waals surface area contributed by atoms with Gasteiger partial charge in [-0.05, 0) is 6.42 Å². The summed E-state index contributed by atoms with van der Waals surface area (Å²) in [7, 11) is 0. The van der Waals surface area contributed by atoms with Crippen molar-refractivity contribution in [2.75, 3.05) is 13.1 Å². The zero-order valence-corrected chi connectivity index (χ0v) is 7.83. The lowest BCUT2D eigenvalue weighted by atomic mass is 10.3. The zero-order valence-electron chi connectivity index (χ0n) is 7.83. The number of hydrogen-bond donors (Lipinski definition) is 1. The van der Waals surface area contributed by atoms with Gasteiger partial charge in [0.2, 0.25) is 5.91 Å². The molecule has 1 amide bonds. The second kappa shape index (κ2) is 3.75. The van der Waals surface area contributed by atoms with Gasteiger partial charge in [-0.15, -0.1) is 0 Å². The van der Waals surface area contributed by atoms with Crippen molar-refractivity contribution < 1.29 is 4.79 Å². The van der Waals surface area contributed by atoms with Crippen LogP contribution >= 0.6 is 0 Å². The highest BCUT2D eigenvalue weighted by Crippen LogP contribution is 2.07. The lowest BCUT2D eigenvalue weighted by Gasteiger charge is -2.15. The lowest BCUT2D eigenvalue weighted by molar-refractivity contribution is -0.131. The van der Waals surface area contributed by atoms with E-state index in [-0.39, 0.29) is 18.5 Å². The van der Waals surface area contributed by atoms with Gasteiger partial charge in [-0.3, -0.25) is 4.79 Å². The van der Waals surface area contributed by atoms with E-state index in [0.717, 1.165) is 13.0 Å². The SMILES string of the molecule is N[C@@H]1CCN(C(=O)Cn2cncn2)C1. The first-order valence-corrected chi connectivity index (χ1v) is 4.61. The Morgan fingerprint density at radius 2 is 2.50 bits per heavy atom. The molecule has 0 bridgehead atoms. The van der Waals surface area contributed by atoms with Gasteiger partial charge < -0.3 is 10.6 Å². The van der Waals surface area contributed by atoms with Crippen LogP contribution < -0.4 is 5.73 Å². The predicted octanol–water partition coefficient (Wildman–Crippen LogP) is -1.16. The normalized spacial score (nSPS) is 21.5. The smallest absolute Gasteiger partial charge is 0.244 e. The van der Waals surface area contributed by atoms with E-state index in [0.29, 0.717) is 6.54 Å². The summed E-state index contributed by atoms with van der Waals surface area (Å²) in [5.74, 6) is 0.0588. The number of nitrogens with two attached hydrogens (primary N) is 1. The Balaban J connectivity index is 1.90. The Morgan fingerprint density at radius 1 is 1.64 bits per heavy atom. The minimum absolute atomic E-state index is 0.0588. The molecule has 1 aromatic heterocycles. The van der Waals surface area contributed by atoms with Crippen LogP contribution in [0.4, 0.5) is 0 Å². The zero-order chi connectivity index (χ0) is 9.97. The summed E-state index contributed by atoms with van der Waals surface area (Å²) in [4.78, 5) is 17.2. The van der Waals surface area contributed by atoms with Crippen LogP contribution in [0.25, 0.3) is 0 Å². The van der Waals surface area contributed by atoms with E-state index in [1.54, 1.807) is 4.90 Å². The van der Waals surface area contributed by atoms with Crippen molar-refractivity contribution in [3.8, 4) is 0 Å². The number of aromatic nitrogens is 3. The summed E-state index contributed by atoms with van der Waals surface area (Å²) in [6.45, 7) is 1.68. The van der Waals surface area contributed by atoms with Crippen LogP contribution in [0.5, 0.6) is 0 Å². The van der Waals surface area contributed by atoms with Crippen LogP contribution in [0.3, 0.4) is 0 Å². The molecule has 0 aromatic carbocycles. The van der Waals surface area contributed by atoms with E-state index in [9.17, 15) is 4.79 Å². The van der Waals surface area contributed by atoms with Gasteiger partial charge >= 0.3 is 0 Å². The van der Waals surface area contributed by atoms with Gasteiger partial charge in [-0.25, -0.2) is 9.67 Å². The summed E-state index contributed by atoms with van der Waals surface area (Å²) >= 11 is 0. The average molecular weight is 195 g/mol. The molecule has 2 N–H and O–H groups in total. The summed E-state index contributed by atoms with van der Waals surface area (Å²) in [6.07, 6.45) is 3.85. The summed E-state index contributed by atoms with van der Waals surface area (Å²) in [5, 5.41) is 3.87. The molecule has 2 heterocycles. The van der Waals surface area contributed by atoms with Gasteiger partial charge in [0.05, 0.1) is 0 Å². The highest BCUT2D eigenvalue weighted by atomic mass is 16.2. The molecule has 1 fully saturated rings. The molecule has 0 saturated carbocycles. The fourth-order valence-electron chi connectivity index (χ4n) is 1.57. The van der Waals surface area contributed by atoms with Gasteiger partial charge in [-0.1, -0.05) is 0 Å². The fourth-order valence-corrected chi connectivity index (χ4v) is 1.57. The van der Waals surface area contributed by atoms with Crippen LogP contribution in [0.1, 0.15) is 6.42 Å². The monoisotopic (exact) mass is 195 g/mol. The Bertz CT molecular complexity index is 310. The van der Waals surface area contributed by atoms with Crippen molar-refractivity contribution in [2.45, 2.75) is 19.0 Å². The fraction of sp³-hybridized carbons (Fsp3) is 0.625. The van der Waals surface area contributed by atoms with E-state index in [2.05, 4.69) is 10.1 Å². The first-order chi connectivity index (χ1) is 6.75. The Kier molecular flexibility index (Phi) is 2.45. The number of rotatable bonds is 2. The van der Waals surface area contributed by atoms with Crippen molar-refractivity contribution in [3.05, 3.63) is 12.7 Å². The Hall–Kier alpha value is -1.43. The second-order valence-electron chi connectivity index (χ2n) is 3.48. The molecule has 1 aliphatic heterocycles. The van der Waals surface area contributed by atoms with Gasteiger partial charge in [-0.2, -0.15) is 5.10 Å². The summed E-state index contributed by atoms with van der Waals surface area (Å²) < 4.78 is 1.52. The van der Waals surface area contributed by atoms with E-state index in [4.69, 9.17) is 5.73 Å². The molecule has 0 aliphatic carbocycles. The van der Waals surface area contributed by atoms with E-state index < -0.39 is 0 Å². The van der Waals surface area contributed by atoms with Gasteiger partial charge in [0.1, 0.15) is 19.2 Å². The van der Waals surface area contributed by atoms with Gasteiger partial charge in [0.25, 0.3) is 0 Å². The van der Waals surface area contributed by atoms with E-state index >= 15 is 0 Å². The van der Waals surface area contributed by atoms with Crippen LogP contribution in [0, 0.1) is 0 Å². The Labute approximate surface area is 81.7 Å². The summed E-state index contributed by atoms with van der Waals surface area (Å²) in [5.41, 5.74) is 5.71. The van der Waals surface area contributed by atoms with Gasteiger partial charge in [0, 0.05) is 19.1 Å².